The van der Waals surface area contributed by atoms with Crippen molar-refractivity contribution in [3.63, 3.8) is 0 Å². The molecule has 2 aliphatic rings. The van der Waals surface area contributed by atoms with Crippen LogP contribution in [0.5, 0.6) is 0 Å². The standard InChI is InChI=1S/C22H25N3O2/c26-21(24-15-13-23(14-16-24)19-9-2-1-3-10-19)17-22(27)25-12-6-8-18-7-4-5-11-20(18)25/h1-5,7,9-11H,6,8,12-17H2. The molecule has 140 valence electrons. The predicted octanol–water partition coefficient (Wildman–Crippen LogP) is 2.70. The number of nitrogens with zero attached hydrogens (tertiary/aromatic N) is 3. The van der Waals surface area contributed by atoms with Crippen LogP contribution in [0.3, 0.4) is 0 Å². The van der Waals surface area contributed by atoms with Gasteiger partial charge in [-0.1, -0.05) is 36.4 Å². The summed E-state index contributed by atoms with van der Waals surface area (Å²) in [5.74, 6) is -0.145. The fraction of sp³-hybridized carbons (Fsp3) is 0.364. The van der Waals surface area contributed by atoms with Gasteiger partial charge in [0.1, 0.15) is 6.42 Å². The number of carbonyl (C=O) groups excluding carboxylic acids is 2. The highest BCUT2D eigenvalue weighted by Crippen LogP contribution is 2.27. The number of aryl methyl sites for hydroxylation is 1. The first kappa shape index (κ1) is 17.6. The Morgan fingerprint density at radius 3 is 2.26 bits per heavy atom. The average Bonchev–Trinajstić information content (AvgIpc) is 2.74. The molecule has 4 rings (SSSR count). The minimum Gasteiger partial charge on any atom is -0.368 e. The van der Waals surface area contributed by atoms with Gasteiger partial charge in [0.2, 0.25) is 11.8 Å². The zero-order chi connectivity index (χ0) is 18.6. The van der Waals surface area contributed by atoms with E-state index in [4.69, 9.17) is 0 Å². The summed E-state index contributed by atoms with van der Waals surface area (Å²) < 4.78 is 0. The number of carbonyl (C=O) groups is 2. The van der Waals surface area contributed by atoms with E-state index < -0.39 is 0 Å². The van der Waals surface area contributed by atoms with Gasteiger partial charge in [0.15, 0.2) is 0 Å². The first-order valence-corrected chi connectivity index (χ1v) is 9.68. The Balaban J connectivity index is 1.34. The lowest BCUT2D eigenvalue weighted by molar-refractivity contribution is -0.135. The maximum absolute atomic E-state index is 12.8. The summed E-state index contributed by atoms with van der Waals surface area (Å²) in [5, 5.41) is 0. The van der Waals surface area contributed by atoms with Gasteiger partial charge >= 0.3 is 0 Å². The highest BCUT2D eigenvalue weighted by molar-refractivity contribution is 6.05. The molecule has 0 saturated carbocycles. The predicted molar refractivity (Wildman–Crippen MR) is 107 cm³/mol. The van der Waals surface area contributed by atoms with E-state index in [0.29, 0.717) is 19.6 Å². The molecule has 0 spiro atoms. The minimum absolute atomic E-state index is 0.0420. The molecule has 5 heteroatoms. The zero-order valence-corrected chi connectivity index (χ0v) is 15.5. The topological polar surface area (TPSA) is 43.9 Å². The molecule has 2 aromatic carbocycles. The zero-order valence-electron chi connectivity index (χ0n) is 15.5. The summed E-state index contributed by atoms with van der Waals surface area (Å²) in [6, 6.07) is 18.3. The minimum atomic E-state index is -0.0855. The number of benzene rings is 2. The highest BCUT2D eigenvalue weighted by Gasteiger charge is 2.27. The molecule has 5 nitrogen and oxygen atoms in total. The van der Waals surface area contributed by atoms with E-state index in [1.807, 2.05) is 41.3 Å². The quantitative estimate of drug-likeness (QED) is 0.788. The summed E-state index contributed by atoms with van der Waals surface area (Å²) in [7, 11) is 0. The van der Waals surface area contributed by atoms with E-state index in [-0.39, 0.29) is 18.2 Å². The molecule has 2 amide bonds. The number of hydrogen-bond donors (Lipinski definition) is 0. The van der Waals surface area contributed by atoms with E-state index >= 15 is 0 Å². The summed E-state index contributed by atoms with van der Waals surface area (Å²) in [6.45, 7) is 3.63. The van der Waals surface area contributed by atoms with Crippen LogP contribution in [0.15, 0.2) is 54.6 Å². The molecule has 2 aromatic rings. The molecule has 0 N–H and O–H groups in total. The number of rotatable bonds is 3. The van der Waals surface area contributed by atoms with Crippen molar-refractivity contribution in [2.24, 2.45) is 0 Å². The first-order valence-electron chi connectivity index (χ1n) is 9.68. The SMILES string of the molecule is O=C(CC(=O)N1CCCc2ccccc21)N1CCN(c2ccccc2)CC1. The molecule has 1 fully saturated rings. The number of fused-ring (bicyclic) bond motifs is 1. The third kappa shape index (κ3) is 3.82. The van der Waals surface area contributed by atoms with Crippen LogP contribution in [0.25, 0.3) is 0 Å². The van der Waals surface area contributed by atoms with Gasteiger partial charge in [-0.25, -0.2) is 0 Å². The van der Waals surface area contributed by atoms with Crippen molar-refractivity contribution in [3.8, 4) is 0 Å². The Morgan fingerprint density at radius 1 is 0.778 bits per heavy atom. The Morgan fingerprint density at radius 2 is 1.48 bits per heavy atom. The Kier molecular flexibility index (Phi) is 5.10. The van der Waals surface area contributed by atoms with Crippen LogP contribution in [0, 0.1) is 0 Å². The summed E-state index contributed by atoms with van der Waals surface area (Å²) in [6.07, 6.45) is 1.90. The third-order valence-corrected chi connectivity index (χ3v) is 5.47. The van der Waals surface area contributed by atoms with Gasteiger partial charge in [-0.05, 0) is 36.6 Å². The number of piperazine rings is 1. The Bertz CT molecular complexity index is 813. The van der Waals surface area contributed by atoms with Crippen LogP contribution in [0.4, 0.5) is 11.4 Å². The molecule has 2 heterocycles. The van der Waals surface area contributed by atoms with Gasteiger partial charge in [0, 0.05) is 44.1 Å². The van der Waals surface area contributed by atoms with E-state index in [1.165, 1.54) is 11.3 Å². The molecule has 0 bridgehead atoms. The van der Waals surface area contributed by atoms with Gasteiger partial charge in [0.05, 0.1) is 0 Å². The van der Waals surface area contributed by atoms with Crippen LogP contribution < -0.4 is 9.80 Å². The molecule has 1 saturated heterocycles. The lowest BCUT2D eigenvalue weighted by atomic mass is 10.0. The van der Waals surface area contributed by atoms with E-state index in [9.17, 15) is 9.59 Å². The van der Waals surface area contributed by atoms with E-state index in [0.717, 1.165) is 31.6 Å². The lowest BCUT2D eigenvalue weighted by Gasteiger charge is -2.36. The maximum Gasteiger partial charge on any atom is 0.236 e. The van der Waals surface area contributed by atoms with E-state index in [2.05, 4.69) is 23.1 Å². The average molecular weight is 363 g/mol. The summed E-state index contributed by atoms with van der Waals surface area (Å²) in [4.78, 5) is 31.3. The van der Waals surface area contributed by atoms with Crippen LogP contribution in [-0.2, 0) is 16.0 Å². The normalized spacial score (nSPS) is 16.8. The van der Waals surface area contributed by atoms with Crippen molar-refractivity contribution in [2.75, 3.05) is 42.5 Å². The summed E-state index contributed by atoms with van der Waals surface area (Å²) >= 11 is 0. The number of para-hydroxylation sites is 2. The molecule has 0 unspecified atom stereocenters. The Hall–Kier alpha value is -2.82. The monoisotopic (exact) mass is 363 g/mol. The molecule has 2 aliphatic heterocycles. The van der Waals surface area contributed by atoms with Crippen LogP contribution in [-0.4, -0.2) is 49.4 Å². The fourth-order valence-corrected chi connectivity index (χ4v) is 3.98. The van der Waals surface area contributed by atoms with Crippen molar-refractivity contribution in [2.45, 2.75) is 19.3 Å². The molecular weight excluding hydrogens is 338 g/mol. The van der Waals surface area contributed by atoms with Crippen molar-refractivity contribution < 1.29 is 9.59 Å². The van der Waals surface area contributed by atoms with E-state index in [1.54, 1.807) is 4.90 Å². The smallest absolute Gasteiger partial charge is 0.236 e. The van der Waals surface area contributed by atoms with Gasteiger partial charge in [-0.2, -0.15) is 0 Å². The maximum atomic E-state index is 12.8. The third-order valence-electron chi connectivity index (χ3n) is 5.47. The number of amides is 2. The number of hydrogen-bond acceptors (Lipinski definition) is 3. The van der Waals surface area contributed by atoms with Crippen LogP contribution in [0.1, 0.15) is 18.4 Å². The van der Waals surface area contributed by atoms with Crippen molar-refractivity contribution in [3.05, 3.63) is 60.2 Å². The molecule has 0 atom stereocenters. The second-order valence-corrected chi connectivity index (χ2v) is 7.16. The van der Waals surface area contributed by atoms with Crippen LogP contribution >= 0.6 is 0 Å². The van der Waals surface area contributed by atoms with Crippen LogP contribution in [0.2, 0.25) is 0 Å². The number of anilines is 2. The van der Waals surface area contributed by atoms with Crippen molar-refractivity contribution >= 4 is 23.2 Å². The second-order valence-electron chi connectivity index (χ2n) is 7.16. The fourth-order valence-electron chi connectivity index (χ4n) is 3.98. The van der Waals surface area contributed by atoms with Gasteiger partial charge in [-0.15, -0.1) is 0 Å². The molecule has 0 aliphatic carbocycles. The van der Waals surface area contributed by atoms with Gasteiger partial charge in [0.25, 0.3) is 0 Å². The second kappa shape index (κ2) is 7.82. The van der Waals surface area contributed by atoms with Crippen molar-refractivity contribution in [1.29, 1.82) is 0 Å². The molecule has 27 heavy (non-hydrogen) atoms. The highest BCUT2D eigenvalue weighted by atomic mass is 16.2. The largest absolute Gasteiger partial charge is 0.368 e. The first-order chi connectivity index (χ1) is 13.2. The molecule has 0 radical (unpaired) electrons. The van der Waals surface area contributed by atoms with Crippen molar-refractivity contribution in [1.82, 2.24) is 4.90 Å². The molecule has 0 aromatic heterocycles. The lowest BCUT2D eigenvalue weighted by Crippen LogP contribution is -2.50. The van der Waals surface area contributed by atoms with Gasteiger partial charge < -0.3 is 14.7 Å². The Labute approximate surface area is 160 Å². The summed E-state index contributed by atoms with van der Waals surface area (Å²) in [5.41, 5.74) is 3.35. The molecular formula is C22H25N3O2. The van der Waals surface area contributed by atoms with Gasteiger partial charge in [-0.3, -0.25) is 9.59 Å².